The largest absolute Gasteiger partial charge is 0.495 e. The second-order valence-corrected chi connectivity index (χ2v) is 12.5. The number of rotatable bonds is 10. The van der Waals surface area contributed by atoms with Crippen LogP contribution in [0.3, 0.4) is 0 Å². The van der Waals surface area contributed by atoms with Gasteiger partial charge in [0.25, 0.3) is 20.2 Å². The fourth-order valence-corrected chi connectivity index (χ4v) is 6.26. The lowest BCUT2D eigenvalue weighted by molar-refractivity contribution is 0.250. The highest BCUT2D eigenvalue weighted by atomic mass is 32.2. The highest BCUT2D eigenvalue weighted by molar-refractivity contribution is 7.86. The van der Waals surface area contributed by atoms with Crippen molar-refractivity contribution >= 4 is 42.6 Å². The van der Waals surface area contributed by atoms with E-state index in [0.717, 1.165) is 0 Å². The number of aliphatic hydroxyl groups is 2. The minimum atomic E-state index is -4.62. The molecule has 2 aliphatic rings. The molecule has 0 atom stereocenters. The van der Waals surface area contributed by atoms with Crippen molar-refractivity contribution in [3.8, 4) is 28.2 Å². The van der Waals surface area contributed by atoms with Gasteiger partial charge in [0.15, 0.2) is 13.1 Å². The maximum absolute atomic E-state index is 12.4. The van der Waals surface area contributed by atoms with E-state index < -0.39 is 20.2 Å². The number of nitrogens with one attached hydrogen (secondary N) is 1. The van der Waals surface area contributed by atoms with E-state index in [0.29, 0.717) is 44.7 Å². The molecule has 0 amide bonds. The average Bonchev–Trinajstić information content (AvgIpc) is 2.98. The predicted octanol–water partition coefficient (Wildman–Crippen LogP) is 3.21. The second-order valence-electron chi connectivity index (χ2n) is 9.74. The van der Waals surface area contributed by atoms with Gasteiger partial charge in [0.05, 0.1) is 23.8 Å². The molecule has 44 heavy (non-hydrogen) atoms. The zero-order chi connectivity index (χ0) is 31.6. The molecule has 1 heterocycles. The molecule has 0 bridgehead atoms. The number of aliphatic hydroxyl groups excluding tert-OH is 2. The molecule has 230 valence electrons. The van der Waals surface area contributed by atoms with Gasteiger partial charge in [-0.05, 0) is 42.5 Å². The van der Waals surface area contributed by atoms with Crippen LogP contribution in [0.2, 0.25) is 0 Å². The highest BCUT2D eigenvalue weighted by Gasteiger charge is 2.24. The third-order valence-corrected chi connectivity index (χ3v) is 8.75. The Morgan fingerprint density at radius 3 is 2.20 bits per heavy atom. The Hall–Kier alpha value is -4.31. The summed E-state index contributed by atoms with van der Waals surface area (Å²) in [6.45, 7) is 0.182. The molecule has 0 spiro atoms. The van der Waals surface area contributed by atoms with Crippen molar-refractivity contribution in [2.45, 2.75) is 9.79 Å². The fourth-order valence-electron chi connectivity index (χ4n) is 5.05. The Morgan fingerprint density at radius 1 is 0.818 bits per heavy atom. The zero-order valence-electron chi connectivity index (χ0n) is 23.3. The Morgan fingerprint density at radius 2 is 1.55 bits per heavy atom. The quantitative estimate of drug-likeness (QED) is 0.0856. The van der Waals surface area contributed by atoms with Crippen LogP contribution in [0.15, 0.2) is 93.1 Å². The molecule has 0 aromatic heterocycles. The minimum absolute atomic E-state index is 0.156. The molecule has 0 fully saturated rings. The highest BCUT2D eigenvalue weighted by Crippen LogP contribution is 2.43. The first kappa shape index (κ1) is 31.1. The number of ether oxygens (including phenoxy) is 1. The standard InChI is InChI=1S/C30H28N2O10S2/c1-41-26-11-8-21(43(35,36)37)18-25(26)31-19-6-9-22-27(16-19)42-28-17-20(32(12-14-33)13-15-34)7-10-23(28)30(22)24-4-2-3-5-29(24)44(38,39)40/h2-11,16-18,33-34H,12-15H2,1H3,(H2,35,36,37,38,39,40)/p+1. The molecular formula is C30H29N2O10S2+. The molecular weight excluding hydrogens is 612 g/mol. The van der Waals surface area contributed by atoms with Gasteiger partial charge in [-0.15, -0.1) is 0 Å². The monoisotopic (exact) mass is 641 g/mol. The topological polar surface area (TPSA) is 187 Å². The Labute approximate surface area is 253 Å². The Kier molecular flexibility index (Phi) is 8.74. The lowest BCUT2D eigenvalue weighted by Crippen LogP contribution is -2.34. The number of fused-ring (bicyclic) bond motifs is 2. The van der Waals surface area contributed by atoms with Gasteiger partial charge in [0.1, 0.15) is 35.2 Å². The number of benzene rings is 4. The number of methoxy groups -OCH3 is 1. The molecule has 0 saturated heterocycles. The van der Waals surface area contributed by atoms with Crippen LogP contribution in [-0.2, 0) is 20.2 Å². The normalized spacial score (nSPS) is 12.0. The van der Waals surface area contributed by atoms with Crippen LogP contribution in [0.25, 0.3) is 33.4 Å². The molecule has 3 aromatic rings. The molecule has 0 radical (unpaired) electrons. The predicted molar refractivity (Wildman–Crippen MR) is 163 cm³/mol. The van der Waals surface area contributed by atoms with E-state index in [9.17, 15) is 36.2 Å². The molecule has 14 heteroatoms. The molecule has 3 aromatic carbocycles. The Balaban J connectivity index is 1.79. The summed E-state index contributed by atoms with van der Waals surface area (Å²) >= 11 is 0. The maximum Gasteiger partial charge on any atom is 0.295 e. The lowest BCUT2D eigenvalue weighted by atomic mass is 9.93. The van der Waals surface area contributed by atoms with Gasteiger partial charge in [-0.3, -0.25) is 9.11 Å². The third-order valence-electron chi connectivity index (χ3n) is 6.99. The summed E-state index contributed by atoms with van der Waals surface area (Å²) in [5, 5.41) is 23.3. The first-order chi connectivity index (χ1) is 20.9. The van der Waals surface area contributed by atoms with E-state index in [1.807, 2.05) is 0 Å². The lowest BCUT2D eigenvalue weighted by Gasteiger charge is -2.18. The van der Waals surface area contributed by atoms with Gasteiger partial charge < -0.3 is 24.7 Å². The van der Waals surface area contributed by atoms with Crippen molar-refractivity contribution in [1.29, 1.82) is 0 Å². The van der Waals surface area contributed by atoms with Gasteiger partial charge in [-0.2, -0.15) is 16.8 Å². The van der Waals surface area contributed by atoms with Gasteiger partial charge in [0.2, 0.25) is 5.36 Å². The van der Waals surface area contributed by atoms with E-state index >= 15 is 0 Å². The van der Waals surface area contributed by atoms with Crippen LogP contribution in [0.1, 0.15) is 0 Å². The minimum Gasteiger partial charge on any atom is -0.495 e. The van der Waals surface area contributed by atoms with Crippen LogP contribution in [0, 0.1) is 0 Å². The molecule has 1 aliphatic heterocycles. The van der Waals surface area contributed by atoms with Crippen molar-refractivity contribution < 1.29 is 45.3 Å². The van der Waals surface area contributed by atoms with Crippen LogP contribution in [0.5, 0.6) is 5.75 Å². The SMILES string of the molecule is COc1ccc(S(=O)(=O)O)cc1Nc1ccc2c(-c3ccccc3S(=O)(=O)O)c3ccc(=[N+](CCO)CCO)cc-3oc2c1. The maximum atomic E-state index is 12.4. The summed E-state index contributed by atoms with van der Waals surface area (Å²) in [7, 11) is -7.71. The zero-order valence-corrected chi connectivity index (χ0v) is 25.0. The molecule has 0 saturated carbocycles. The first-order valence-electron chi connectivity index (χ1n) is 13.2. The van der Waals surface area contributed by atoms with Crippen molar-refractivity contribution in [1.82, 2.24) is 4.58 Å². The van der Waals surface area contributed by atoms with Crippen LogP contribution in [0.4, 0.5) is 11.4 Å². The number of hydrogen-bond donors (Lipinski definition) is 5. The van der Waals surface area contributed by atoms with Crippen LogP contribution >= 0.6 is 0 Å². The molecule has 5 rings (SSSR count). The number of anilines is 2. The van der Waals surface area contributed by atoms with E-state index in [-0.39, 0.29) is 47.3 Å². The molecule has 1 aliphatic carbocycles. The van der Waals surface area contributed by atoms with Gasteiger partial charge in [0, 0.05) is 39.9 Å². The summed E-state index contributed by atoms with van der Waals surface area (Å²) < 4.78 is 81.3. The summed E-state index contributed by atoms with van der Waals surface area (Å²) in [6.07, 6.45) is 0. The van der Waals surface area contributed by atoms with E-state index in [1.165, 1.54) is 37.4 Å². The number of hydrogen-bond acceptors (Lipinski definition) is 9. The second kappa shape index (κ2) is 12.4. The number of nitrogens with zero attached hydrogens (tertiary/aromatic N) is 1. The smallest absolute Gasteiger partial charge is 0.295 e. The van der Waals surface area contributed by atoms with Gasteiger partial charge >= 0.3 is 0 Å². The first-order valence-corrected chi connectivity index (χ1v) is 16.1. The van der Waals surface area contributed by atoms with Gasteiger partial charge in [-0.1, -0.05) is 18.2 Å². The third kappa shape index (κ3) is 6.31. The molecule has 12 nitrogen and oxygen atoms in total. The Bertz CT molecular complexity index is 2120. The molecule has 5 N–H and O–H groups in total. The van der Waals surface area contributed by atoms with E-state index in [4.69, 9.17) is 9.15 Å². The molecule has 0 unspecified atom stereocenters. The summed E-state index contributed by atoms with van der Waals surface area (Å²) in [6, 6.07) is 20.0. The van der Waals surface area contributed by atoms with E-state index in [1.54, 1.807) is 53.1 Å². The van der Waals surface area contributed by atoms with Crippen molar-refractivity contribution in [3.63, 3.8) is 0 Å². The van der Waals surface area contributed by atoms with Crippen molar-refractivity contribution in [3.05, 3.63) is 84.2 Å². The summed E-state index contributed by atoms with van der Waals surface area (Å²) in [5.74, 6) is 0.646. The average molecular weight is 642 g/mol. The fraction of sp³-hybridized carbons (Fsp3) is 0.167. The van der Waals surface area contributed by atoms with Crippen molar-refractivity contribution in [2.24, 2.45) is 0 Å². The van der Waals surface area contributed by atoms with E-state index in [2.05, 4.69) is 5.32 Å². The summed E-state index contributed by atoms with van der Waals surface area (Å²) in [5.41, 5.74) is 2.23. The van der Waals surface area contributed by atoms with Crippen molar-refractivity contribution in [2.75, 3.05) is 38.7 Å². The van der Waals surface area contributed by atoms with Crippen LogP contribution in [-0.4, -0.2) is 69.6 Å². The van der Waals surface area contributed by atoms with Gasteiger partial charge in [-0.25, -0.2) is 4.58 Å². The summed E-state index contributed by atoms with van der Waals surface area (Å²) in [4.78, 5) is -0.641. The van der Waals surface area contributed by atoms with Crippen LogP contribution < -0.4 is 20.0 Å².